The molecule has 3 aromatic heterocycles. The van der Waals surface area contributed by atoms with Gasteiger partial charge in [0.1, 0.15) is 5.69 Å². The molecule has 0 saturated heterocycles. The molecule has 0 aliphatic heterocycles. The minimum atomic E-state index is -0.115. The molecule has 0 radical (unpaired) electrons. The third-order valence-electron chi connectivity index (χ3n) is 4.01. The number of nitrogens with zero attached hydrogens (tertiary/aromatic N) is 4. The zero-order chi connectivity index (χ0) is 17.9. The highest BCUT2D eigenvalue weighted by Crippen LogP contribution is 2.18. The van der Waals surface area contributed by atoms with Crippen LogP contribution in [-0.4, -0.2) is 32.2 Å². The molecule has 128 valence electrons. The van der Waals surface area contributed by atoms with E-state index < -0.39 is 0 Å². The summed E-state index contributed by atoms with van der Waals surface area (Å²) in [5.74, 6) is 0.864. The molecule has 0 spiro atoms. The van der Waals surface area contributed by atoms with Crippen LogP contribution in [0.2, 0.25) is 0 Å². The highest BCUT2D eigenvalue weighted by atomic mass is 16.5. The van der Waals surface area contributed by atoms with Crippen molar-refractivity contribution >= 4 is 11.6 Å². The summed E-state index contributed by atoms with van der Waals surface area (Å²) in [5, 5.41) is 0. The van der Waals surface area contributed by atoms with Gasteiger partial charge in [-0.1, -0.05) is 36.4 Å². The second-order valence-electron chi connectivity index (χ2n) is 5.78. The second-order valence-corrected chi connectivity index (χ2v) is 5.78. The molecule has 3 heterocycles. The van der Waals surface area contributed by atoms with Crippen LogP contribution >= 0.6 is 0 Å². The topological polar surface area (TPSA) is 69.4 Å². The average Bonchev–Trinajstić information content (AvgIpc) is 3.12. The van der Waals surface area contributed by atoms with E-state index >= 15 is 0 Å². The smallest absolute Gasteiger partial charge is 0.234 e. The number of pyridine rings is 1. The number of aromatic nitrogens is 4. The molecule has 0 fully saturated rings. The molecular formula is C20H16N4O2. The molecule has 6 heteroatoms. The van der Waals surface area contributed by atoms with Crippen molar-refractivity contribution < 1.29 is 9.53 Å². The fourth-order valence-corrected chi connectivity index (χ4v) is 2.69. The highest BCUT2D eigenvalue weighted by Gasteiger charge is 2.12. The summed E-state index contributed by atoms with van der Waals surface area (Å²) >= 11 is 0. The lowest BCUT2D eigenvalue weighted by atomic mass is 10.1. The quantitative estimate of drug-likeness (QED) is 0.520. The number of ether oxygens (including phenoxy) is 1. The van der Waals surface area contributed by atoms with Crippen LogP contribution in [0.15, 0.2) is 67.0 Å². The predicted molar refractivity (Wildman–Crippen MR) is 97.2 cm³/mol. The van der Waals surface area contributed by atoms with E-state index in [1.54, 1.807) is 18.2 Å². The van der Waals surface area contributed by atoms with E-state index in [-0.39, 0.29) is 12.2 Å². The molecule has 4 aromatic rings. The maximum Gasteiger partial charge on any atom is 0.234 e. The van der Waals surface area contributed by atoms with Gasteiger partial charge in [0.15, 0.2) is 5.78 Å². The Hall–Kier alpha value is -3.54. The number of ketones is 1. The van der Waals surface area contributed by atoms with E-state index in [0.717, 1.165) is 11.3 Å². The van der Waals surface area contributed by atoms with Gasteiger partial charge in [0.25, 0.3) is 0 Å². The lowest BCUT2D eigenvalue weighted by Gasteiger charge is -2.03. The van der Waals surface area contributed by atoms with Crippen molar-refractivity contribution in [2.45, 2.75) is 6.42 Å². The van der Waals surface area contributed by atoms with Crippen molar-refractivity contribution in [1.29, 1.82) is 0 Å². The summed E-state index contributed by atoms with van der Waals surface area (Å²) in [6, 6.07) is 16.9. The summed E-state index contributed by atoms with van der Waals surface area (Å²) in [5.41, 5.74) is 2.88. The molecule has 0 amide bonds. The van der Waals surface area contributed by atoms with Gasteiger partial charge < -0.3 is 4.74 Å². The van der Waals surface area contributed by atoms with E-state index in [4.69, 9.17) is 4.74 Å². The molecule has 0 aliphatic carbocycles. The number of fused-ring (bicyclic) bond motifs is 1. The van der Waals surface area contributed by atoms with E-state index in [9.17, 15) is 4.79 Å². The molecule has 1 aromatic carbocycles. The lowest BCUT2D eigenvalue weighted by Crippen LogP contribution is -2.08. The first-order valence-electron chi connectivity index (χ1n) is 8.17. The van der Waals surface area contributed by atoms with Crippen molar-refractivity contribution in [3.8, 4) is 17.1 Å². The van der Waals surface area contributed by atoms with Crippen molar-refractivity contribution in [1.82, 2.24) is 19.4 Å². The fraction of sp³-hybridized carbons (Fsp3) is 0.100. The molecule has 0 saturated carbocycles. The summed E-state index contributed by atoms with van der Waals surface area (Å²) < 4.78 is 6.91. The van der Waals surface area contributed by atoms with Gasteiger partial charge in [-0.15, -0.1) is 0 Å². The van der Waals surface area contributed by atoms with Crippen LogP contribution in [0.1, 0.15) is 16.2 Å². The Morgan fingerprint density at radius 2 is 1.85 bits per heavy atom. The average molecular weight is 344 g/mol. The number of carbonyl (C=O) groups excluding carboxylic acids is 1. The van der Waals surface area contributed by atoms with Crippen LogP contribution in [0, 0.1) is 0 Å². The van der Waals surface area contributed by atoms with Gasteiger partial charge in [-0.05, 0) is 12.1 Å². The van der Waals surface area contributed by atoms with Crippen LogP contribution in [0.25, 0.3) is 17.0 Å². The van der Waals surface area contributed by atoms with Gasteiger partial charge >= 0.3 is 0 Å². The largest absolute Gasteiger partial charge is 0.481 e. The van der Waals surface area contributed by atoms with E-state index in [2.05, 4.69) is 15.0 Å². The number of hydrogen-bond acceptors (Lipinski definition) is 5. The van der Waals surface area contributed by atoms with Crippen LogP contribution in [-0.2, 0) is 6.42 Å². The maximum absolute atomic E-state index is 12.5. The number of hydrogen-bond donors (Lipinski definition) is 0. The van der Waals surface area contributed by atoms with Gasteiger partial charge in [-0.2, -0.15) is 0 Å². The van der Waals surface area contributed by atoms with Crippen LogP contribution in [0.4, 0.5) is 0 Å². The van der Waals surface area contributed by atoms with Gasteiger partial charge in [-0.3, -0.25) is 9.20 Å². The molecule has 0 bridgehead atoms. The lowest BCUT2D eigenvalue weighted by molar-refractivity contribution is 0.0986. The standard InChI is InChI=1S/C20H16N4O2/c1-26-19-9-5-8-16(22-19)18(25)12-15-10-11-24-13-17(23-20(24)21-15)14-6-3-2-4-7-14/h2-11,13H,12H2,1H3. The summed E-state index contributed by atoms with van der Waals surface area (Å²) in [7, 11) is 1.52. The Balaban J connectivity index is 1.60. The Kier molecular flexibility index (Phi) is 4.15. The molecular weight excluding hydrogens is 328 g/mol. The predicted octanol–water partition coefficient (Wildman–Crippen LogP) is 3.23. The monoisotopic (exact) mass is 344 g/mol. The summed E-state index contributed by atoms with van der Waals surface area (Å²) in [6.07, 6.45) is 3.94. The Bertz CT molecular complexity index is 1070. The number of carbonyl (C=O) groups is 1. The van der Waals surface area contributed by atoms with E-state index in [0.29, 0.717) is 23.0 Å². The van der Waals surface area contributed by atoms with Gasteiger partial charge in [0, 0.05) is 24.0 Å². The summed E-state index contributed by atoms with van der Waals surface area (Å²) in [4.78, 5) is 25.7. The van der Waals surface area contributed by atoms with Gasteiger partial charge in [0.05, 0.1) is 24.9 Å². The first kappa shape index (κ1) is 16.0. The normalized spacial score (nSPS) is 10.8. The SMILES string of the molecule is COc1cccc(C(=O)Cc2ccn3cc(-c4ccccc4)nc3n2)n1. The van der Waals surface area contributed by atoms with Crippen LogP contribution in [0.3, 0.4) is 0 Å². The molecule has 4 rings (SSSR count). The number of Topliss-reactive ketones (excluding diaryl/α,β-unsaturated/α-hetero) is 1. The Morgan fingerprint density at radius 3 is 2.65 bits per heavy atom. The number of imidazole rings is 1. The minimum absolute atomic E-state index is 0.115. The molecule has 0 atom stereocenters. The van der Waals surface area contributed by atoms with E-state index in [1.165, 1.54) is 7.11 Å². The van der Waals surface area contributed by atoms with Crippen molar-refractivity contribution in [3.63, 3.8) is 0 Å². The molecule has 0 N–H and O–H groups in total. The second kappa shape index (κ2) is 6.76. The van der Waals surface area contributed by atoms with Crippen LogP contribution < -0.4 is 4.74 Å². The van der Waals surface area contributed by atoms with Crippen molar-refractivity contribution in [2.75, 3.05) is 7.11 Å². The Morgan fingerprint density at radius 1 is 1.00 bits per heavy atom. The van der Waals surface area contributed by atoms with Crippen molar-refractivity contribution in [3.05, 3.63) is 78.4 Å². The molecule has 0 aliphatic rings. The Labute approximate surface area is 150 Å². The number of methoxy groups -OCH3 is 1. The fourth-order valence-electron chi connectivity index (χ4n) is 2.69. The zero-order valence-corrected chi connectivity index (χ0v) is 14.2. The first-order chi connectivity index (χ1) is 12.7. The molecule has 26 heavy (non-hydrogen) atoms. The highest BCUT2D eigenvalue weighted by molar-refractivity contribution is 5.95. The number of rotatable bonds is 5. The van der Waals surface area contributed by atoms with Gasteiger partial charge in [-0.25, -0.2) is 15.0 Å². The van der Waals surface area contributed by atoms with Gasteiger partial charge in [0.2, 0.25) is 11.7 Å². The zero-order valence-electron chi connectivity index (χ0n) is 14.2. The first-order valence-corrected chi connectivity index (χ1v) is 8.17. The third-order valence-corrected chi connectivity index (χ3v) is 4.01. The van der Waals surface area contributed by atoms with Crippen molar-refractivity contribution in [2.24, 2.45) is 0 Å². The van der Waals surface area contributed by atoms with Crippen LogP contribution in [0.5, 0.6) is 5.88 Å². The molecule has 6 nitrogen and oxygen atoms in total. The minimum Gasteiger partial charge on any atom is -0.481 e. The third kappa shape index (κ3) is 3.17. The number of benzene rings is 1. The summed E-state index contributed by atoms with van der Waals surface area (Å²) in [6.45, 7) is 0. The molecule has 0 unspecified atom stereocenters. The van der Waals surface area contributed by atoms with E-state index in [1.807, 2.05) is 53.2 Å². The maximum atomic E-state index is 12.5.